The van der Waals surface area contributed by atoms with Gasteiger partial charge in [-0.2, -0.15) is 0 Å². The number of thiazole rings is 1. The van der Waals surface area contributed by atoms with E-state index < -0.39 is 0 Å². The minimum Gasteiger partial charge on any atom is -0.338 e. The summed E-state index contributed by atoms with van der Waals surface area (Å²) in [5, 5.41) is 3.32. The fourth-order valence-electron chi connectivity index (χ4n) is 4.44. The zero-order chi connectivity index (χ0) is 17.5. The Labute approximate surface area is 161 Å². The van der Waals surface area contributed by atoms with Gasteiger partial charge in [-0.1, -0.05) is 25.0 Å². The van der Waals surface area contributed by atoms with Gasteiger partial charge in [0.05, 0.1) is 15.2 Å². The van der Waals surface area contributed by atoms with Crippen LogP contribution in [-0.4, -0.2) is 22.3 Å². The smallest absolute Gasteiger partial charge is 0.226 e. The Balaban J connectivity index is 1.41. The van der Waals surface area contributed by atoms with Gasteiger partial charge >= 0.3 is 0 Å². The maximum absolute atomic E-state index is 13.4. The molecular formula is C21H22N2OS2. The van der Waals surface area contributed by atoms with Crippen LogP contribution in [0.1, 0.15) is 47.0 Å². The molecule has 1 amide bonds. The van der Waals surface area contributed by atoms with Crippen molar-refractivity contribution in [2.24, 2.45) is 5.92 Å². The number of para-hydroxylation sites is 1. The highest BCUT2D eigenvalue weighted by atomic mass is 32.1. The molecule has 2 atom stereocenters. The second-order valence-corrected chi connectivity index (χ2v) is 9.46. The standard InChI is InChI=1S/C21H22N2OS2/c24-21(23-11-9-18-14(13-23)10-12-25-18)16-6-2-1-5-15(16)20-22-17-7-3-4-8-19(17)26-20/h3-4,7-8,10,12,15-16H,1-2,5-6,9,11,13H2/t15-,16-/m0/s1. The predicted octanol–water partition coefficient (Wildman–Crippen LogP) is 5.22. The van der Waals surface area contributed by atoms with E-state index in [1.165, 1.54) is 21.6 Å². The second kappa shape index (κ2) is 6.78. The molecule has 5 rings (SSSR count). The molecule has 134 valence electrons. The first-order valence-corrected chi connectivity index (χ1v) is 11.2. The van der Waals surface area contributed by atoms with Gasteiger partial charge in [0.15, 0.2) is 0 Å². The fourth-order valence-corrected chi connectivity index (χ4v) is 6.50. The van der Waals surface area contributed by atoms with Gasteiger partial charge in [-0.05, 0) is 48.4 Å². The summed E-state index contributed by atoms with van der Waals surface area (Å²) in [5.74, 6) is 0.743. The molecule has 3 nitrogen and oxygen atoms in total. The highest BCUT2D eigenvalue weighted by molar-refractivity contribution is 7.18. The van der Waals surface area contributed by atoms with E-state index in [1.54, 1.807) is 11.3 Å². The molecule has 0 radical (unpaired) electrons. The third-order valence-electron chi connectivity index (χ3n) is 5.83. The molecule has 0 saturated heterocycles. The van der Waals surface area contributed by atoms with Crippen LogP contribution in [0, 0.1) is 5.92 Å². The maximum Gasteiger partial charge on any atom is 0.226 e. The summed E-state index contributed by atoms with van der Waals surface area (Å²) in [6.45, 7) is 1.66. The number of carbonyl (C=O) groups excluding carboxylic acids is 1. The van der Waals surface area contributed by atoms with Crippen LogP contribution in [0.2, 0.25) is 0 Å². The van der Waals surface area contributed by atoms with Gasteiger partial charge in [0.25, 0.3) is 0 Å². The summed E-state index contributed by atoms with van der Waals surface area (Å²) < 4.78 is 1.24. The van der Waals surface area contributed by atoms with Crippen LogP contribution >= 0.6 is 22.7 Å². The molecule has 3 heterocycles. The van der Waals surface area contributed by atoms with Crippen LogP contribution in [0.25, 0.3) is 10.2 Å². The van der Waals surface area contributed by atoms with E-state index in [-0.39, 0.29) is 11.8 Å². The quantitative estimate of drug-likeness (QED) is 0.609. The molecular weight excluding hydrogens is 360 g/mol. The first kappa shape index (κ1) is 16.5. The molecule has 3 aromatic rings. The van der Waals surface area contributed by atoms with Gasteiger partial charge in [0, 0.05) is 29.8 Å². The number of aromatic nitrogens is 1. The molecule has 2 aromatic heterocycles. The summed E-state index contributed by atoms with van der Waals surface area (Å²) in [6, 6.07) is 10.5. The van der Waals surface area contributed by atoms with Crippen molar-refractivity contribution in [3.05, 3.63) is 51.2 Å². The number of hydrogen-bond acceptors (Lipinski definition) is 4. The number of fused-ring (bicyclic) bond motifs is 2. The number of nitrogens with zero attached hydrogens (tertiary/aromatic N) is 2. The Kier molecular flexibility index (Phi) is 4.29. The van der Waals surface area contributed by atoms with Gasteiger partial charge in [-0.15, -0.1) is 22.7 Å². The minimum absolute atomic E-state index is 0.101. The average molecular weight is 383 g/mol. The summed E-state index contributed by atoms with van der Waals surface area (Å²) in [6.07, 6.45) is 5.48. The van der Waals surface area contributed by atoms with Crippen LogP contribution in [-0.2, 0) is 17.8 Å². The van der Waals surface area contributed by atoms with Crippen LogP contribution < -0.4 is 0 Å². The van der Waals surface area contributed by atoms with Crippen LogP contribution in [0.3, 0.4) is 0 Å². The number of thiophene rings is 1. The SMILES string of the molecule is O=C([C@H]1CCCC[C@@H]1c1nc2ccccc2s1)N1CCc2sccc2C1. The van der Waals surface area contributed by atoms with Gasteiger partial charge in [0.1, 0.15) is 0 Å². The van der Waals surface area contributed by atoms with Crippen molar-refractivity contribution in [3.8, 4) is 0 Å². The molecule has 1 saturated carbocycles. The zero-order valence-electron chi connectivity index (χ0n) is 14.7. The Morgan fingerprint density at radius 1 is 1.15 bits per heavy atom. The van der Waals surface area contributed by atoms with E-state index in [1.807, 2.05) is 17.4 Å². The Bertz CT molecular complexity index is 911. The lowest BCUT2D eigenvalue weighted by Crippen LogP contribution is -2.42. The highest BCUT2D eigenvalue weighted by Crippen LogP contribution is 2.42. The van der Waals surface area contributed by atoms with Crippen molar-refractivity contribution in [2.75, 3.05) is 6.54 Å². The van der Waals surface area contributed by atoms with Gasteiger partial charge in [0.2, 0.25) is 5.91 Å². The molecule has 0 bridgehead atoms. The fraction of sp³-hybridized carbons (Fsp3) is 0.429. The number of amides is 1. The van der Waals surface area contributed by atoms with Gasteiger partial charge < -0.3 is 4.90 Å². The van der Waals surface area contributed by atoms with Crippen molar-refractivity contribution in [3.63, 3.8) is 0 Å². The molecule has 1 fully saturated rings. The van der Waals surface area contributed by atoms with Crippen LogP contribution in [0.4, 0.5) is 0 Å². The lowest BCUT2D eigenvalue weighted by Gasteiger charge is -2.35. The summed E-state index contributed by atoms with van der Waals surface area (Å²) in [7, 11) is 0. The van der Waals surface area contributed by atoms with Crippen molar-refractivity contribution >= 4 is 38.8 Å². The molecule has 1 aliphatic carbocycles. The van der Waals surface area contributed by atoms with Crippen molar-refractivity contribution < 1.29 is 4.79 Å². The van der Waals surface area contributed by atoms with Crippen LogP contribution in [0.5, 0.6) is 0 Å². The van der Waals surface area contributed by atoms with E-state index >= 15 is 0 Å². The lowest BCUT2D eigenvalue weighted by atomic mass is 9.78. The monoisotopic (exact) mass is 382 g/mol. The zero-order valence-corrected chi connectivity index (χ0v) is 16.3. The first-order valence-electron chi connectivity index (χ1n) is 9.49. The van der Waals surface area contributed by atoms with E-state index in [9.17, 15) is 4.79 Å². The molecule has 0 N–H and O–H groups in total. The van der Waals surface area contributed by atoms with Crippen molar-refractivity contribution in [1.29, 1.82) is 0 Å². The number of rotatable bonds is 2. The van der Waals surface area contributed by atoms with E-state index in [0.29, 0.717) is 5.91 Å². The molecule has 0 spiro atoms. The summed E-state index contributed by atoms with van der Waals surface area (Å²) >= 11 is 3.61. The molecule has 26 heavy (non-hydrogen) atoms. The first-order chi connectivity index (χ1) is 12.8. The minimum atomic E-state index is 0.101. The number of carbonyl (C=O) groups is 1. The second-order valence-electron chi connectivity index (χ2n) is 7.40. The van der Waals surface area contributed by atoms with Gasteiger partial charge in [-0.25, -0.2) is 4.98 Å². The maximum atomic E-state index is 13.4. The summed E-state index contributed by atoms with van der Waals surface area (Å²) in [5.41, 5.74) is 2.42. The molecule has 5 heteroatoms. The van der Waals surface area contributed by atoms with Crippen molar-refractivity contribution in [2.45, 2.75) is 44.6 Å². The molecule has 1 aliphatic heterocycles. The Morgan fingerprint density at radius 2 is 2.04 bits per heavy atom. The van der Waals surface area contributed by atoms with E-state index in [0.717, 1.165) is 49.3 Å². The predicted molar refractivity (Wildman–Crippen MR) is 108 cm³/mol. The third-order valence-corrected chi connectivity index (χ3v) is 8.02. The summed E-state index contributed by atoms with van der Waals surface area (Å²) in [4.78, 5) is 21.8. The molecule has 2 aliphatic rings. The number of benzene rings is 1. The number of hydrogen-bond donors (Lipinski definition) is 0. The molecule has 0 unspecified atom stereocenters. The largest absolute Gasteiger partial charge is 0.338 e. The normalized spacial score (nSPS) is 23.2. The van der Waals surface area contributed by atoms with Crippen molar-refractivity contribution in [1.82, 2.24) is 9.88 Å². The Hall–Kier alpha value is -1.72. The third kappa shape index (κ3) is 2.87. The van der Waals surface area contributed by atoms with E-state index in [4.69, 9.17) is 4.98 Å². The molecule has 1 aromatic carbocycles. The topological polar surface area (TPSA) is 33.2 Å². The van der Waals surface area contributed by atoms with Gasteiger partial charge in [-0.3, -0.25) is 4.79 Å². The Morgan fingerprint density at radius 3 is 2.96 bits per heavy atom. The average Bonchev–Trinajstić information content (AvgIpc) is 3.33. The van der Waals surface area contributed by atoms with Crippen LogP contribution in [0.15, 0.2) is 35.7 Å². The van der Waals surface area contributed by atoms with E-state index in [2.05, 4.69) is 34.5 Å². The lowest BCUT2D eigenvalue weighted by molar-refractivity contribution is -0.138. The highest BCUT2D eigenvalue weighted by Gasteiger charge is 2.37.